The van der Waals surface area contributed by atoms with Gasteiger partial charge in [0.05, 0.1) is 6.04 Å². The number of nitrogens with zero attached hydrogens (tertiary/aromatic N) is 3. The van der Waals surface area contributed by atoms with Gasteiger partial charge in [-0.15, -0.1) is 11.8 Å². The highest BCUT2D eigenvalue weighted by Crippen LogP contribution is 2.44. The van der Waals surface area contributed by atoms with Crippen molar-refractivity contribution < 1.29 is 27.5 Å². The van der Waals surface area contributed by atoms with Crippen molar-refractivity contribution in [2.75, 3.05) is 11.7 Å². The molecule has 5 rings (SSSR count). The van der Waals surface area contributed by atoms with Gasteiger partial charge in [0, 0.05) is 34.9 Å². The monoisotopic (exact) mass is 563 g/mol. The first-order valence-corrected chi connectivity index (χ1v) is 12.9. The molecule has 2 aliphatic rings. The Labute approximate surface area is 224 Å². The molecule has 0 aliphatic carbocycles. The van der Waals surface area contributed by atoms with Gasteiger partial charge in [0.25, 0.3) is 5.91 Å². The van der Waals surface area contributed by atoms with Gasteiger partial charge in [0.15, 0.2) is 5.69 Å². The zero-order valence-electron chi connectivity index (χ0n) is 20.2. The fraction of sp³-hybridized carbons (Fsp3) is 0.269. The highest BCUT2D eigenvalue weighted by Gasteiger charge is 2.48. The number of alkyl halides is 3. The van der Waals surface area contributed by atoms with Gasteiger partial charge in [0.1, 0.15) is 12.7 Å². The molecule has 1 amide bonds. The number of aromatic nitrogens is 1. The van der Waals surface area contributed by atoms with Crippen molar-refractivity contribution in [3.05, 3.63) is 92.4 Å². The maximum Gasteiger partial charge on any atom is 0.408 e. The van der Waals surface area contributed by atoms with Crippen LogP contribution in [0.1, 0.15) is 47.1 Å². The van der Waals surface area contributed by atoms with E-state index in [1.54, 1.807) is 35.0 Å². The molecule has 3 heterocycles. The maximum absolute atomic E-state index is 13.9. The predicted molar refractivity (Wildman–Crippen MR) is 136 cm³/mol. The number of halogens is 4. The van der Waals surface area contributed by atoms with Crippen LogP contribution in [0.4, 0.5) is 13.2 Å². The molecule has 2 aromatic carbocycles. The number of ether oxygens (including phenoxy) is 1. The zero-order valence-corrected chi connectivity index (χ0v) is 21.7. The van der Waals surface area contributed by atoms with E-state index in [1.807, 2.05) is 24.3 Å². The van der Waals surface area contributed by atoms with Gasteiger partial charge in [0.2, 0.25) is 11.2 Å². The lowest BCUT2D eigenvalue weighted by Crippen LogP contribution is -2.60. The van der Waals surface area contributed by atoms with Crippen molar-refractivity contribution in [2.24, 2.45) is 0 Å². The van der Waals surface area contributed by atoms with E-state index in [-0.39, 0.29) is 0 Å². The second-order valence-corrected chi connectivity index (χ2v) is 10.4. The molecule has 12 heteroatoms. The summed E-state index contributed by atoms with van der Waals surface area (Å²) in [7, 11) is 0. The summed E-state index contributed by atoms with van der Waals surface area (Å²) in [5, 5.41) is 2.08. The van der Waals surface area contributed by atoms with Gasteiger partial charge in [-0.1, -0.05) is 41.9 Å². The minimum atomic E-state index is -4.75. The summed E-state index contributed by atoms with van der Waals surface area (Å²) in [6, 6.07) is 11.1. The smallest absolute Gasteiger partial charge is 0.408 e. The minimum absolute atomic E-state index is 0.458. The summed E-state index contributed by atoms with van der Waals surface area (Å²) in [6.07, 6.45) is -3.43. The number of thioether (sulfide) groups is 1. The molecule has 198 valence electrons. The number of fused-ring (bicyclic) bond motifs is 3. The van der Waals surface area contributed by atoms with E-state index >= 15 is 0 Å². The van der Waals surface area contributed by atoms with Gasteiger partial charge in [-0.25, -0.2) is 0 Å². The average Bonchev–Trinajstić information content (AvgIpc) is 3.01. The van der Waals surface area contributed by atoms with Crippen molar-refractivity contribution in [2.45, 2.75) is 42.8 Å². The van der Waals surface area contributed by atoms with Crippen LogP contribution in [0.25, 0.3) is 0 Å². The Morgan fingerprint density at radius 1 is 1.13 bits per heavy atom. The molecule has 1 aromatic heterocycles. The van der Waals surface area contributed by atoms with Gasteiger partial charge in [-0.05, 0) is 35.7 Å². The largest absolute Gasteiger partial charge is 0.420 e. The number of hydrogen-bond acceptors (Lipinski definition) is 6. The van der Waals surface area contributed by atoms with E-state index in [2.05, 4.69) is 0 Å². The Morgan fingerprint density at radius 3 is 2.58 bits per heavy atom. The van der Waals surface area contributed by atoms with Crippen molar-refractivity contribution in [1.82, 2.24) is 9.58 Å². The van der Waals surface area contributed by atoms with E-state index in [1.165, 1.54) is 10.9 Å². The molecule has 3 aromatic rings. The Kier molecular flexibility index (Phi) is 6.68. The number of carbonyl (C=O) groups is 2. The molecule has 0 radical (unpaired) electrons. The molecule has 0 bridgehead atoms. The Morgan fingerprint density at radius 2 is 1.87 bits per heavy atom. The second kappa shape index (κ2) is 9.70. The molecule has 2 aliphatic heterocycles. The van der Waals surface area contributed by atoms with Crippen LogP contribution in [0.5, 0.6) is 5.75 Å². The molecule has 0 fully saturated rings. The zero-order chi connectivity index (χ0) is 27.4. The summed E-state index contributed by atoms with van der Waals surface area (Å²) in [5.74, 6) is -1.99. The highest BCUT2D eigenvalue weighted by molar-refractivity contribution is 7.98. The van der Waals surface area contributed by atoms with Crippen molar-refractivity contribution >= 4 is 35.2 Å². The van der Waals surface area contributed by atoms with Gasteiger partial charge in [-0.2, -0.15) is 13.2 Å². The number of benzene rings is 2. The topological polar surface area (TPSA) is 71.8 Å². The van der Waals surface area contributed by atoms with E-state index in [4.69, 9.17) is 16.3 Å². The number of carbonyl (C=O) groups excluding carboxylic acids is 2. The first-order chi connectivity index (χ1) is 18.0. The Hall–Kier alpha value is -3.44. The average molecular weight is 564 g/mol. The molecule has 0 N–H and O–H groups in total. The van der Waals surface area contributed by atoms with Crippen LogP contribution in [-0.2, 0) is 10.5 Å². The Bertz CT molecular complexity index is 1510. The molecule has 7 nitrogen and oxygen atoms in total. The summed E-state index contributed by atoms with van der Waals surface area (Å²) in [5.41, 5.74) is 1.26. The van der Waals surface area contributed by atoms with Gasteiger partial charge < -0.3 is 9.64 Å². The quantitative estimate of drug-likeness (QED) is 0.412. The number of esters is 1. The van der Waals surface area contributed by atoms with E-state index in [9.17, 15) is 27.6 Å². The minimum Gasteiger partial charge on any atom is -0.420 e. The number of amides is 1. The normalized spacial score (nSPS) is 17.7. The van der Waals surface area contributed by atoms with Crippen LogP contribution in [0.3, 0.4) is 0 Å². The van der Waals surface area contributed by atoms with E-state index in [0.29, 0.717) is 15.7 Å². The number of pyridine rings is 1. The second-order valence-electron chi connectivity index (χ2n) is 8.94. The molecule has 0 saturated carbocycles. The van der Waals surface area contributed by atoms with Crippen molar-refractivity contribution in [1.29, 1.82) is 0 Å². The third-order valence-electron chi connectivity index (χ3n) is 6.56. The van der Waals surface area contributed by atoms with E-state index in [0.717, 1.165) is 41.5 Å². The molecular formula is C26H21ClF3N3O4S. The molecule has 38 heavy (non-hydrogen) atoms. The third kappa shape index (κ3) is 4.54. The van der Waals surface area contributed by atoms with Crippen LogP contribution in [0.15, 0.2) is 64.4 Å². The van der Waals surface area contributed by atoms with Crippen LogP contribution in [0.2, 0.25) is 5.02 Å². The fourth-order valence-electron chi connectivity index (χ4n) is 4.70. The van der Waals surface area contributed by atoms with Crippen LogP contribution >= 0.6 is 23.4 Å². The summed E-state index contributed by atoms with van der Waals surface area (Å²) in [4.78, 5) is 39.5. The van der Waals surface area contributed by atoms with Gasteiger partial charge >= 0.3 is 12.1 Å². The Balaban J connectivity index is 1.80. The van der Waals surface area contributed by atoms with Crippen LogP contribution < -0.4 is 15.2 Å². The molecule has 0 saturated heterocycles. The lowest BCUT2D eigenvalue weighted by atomic mass is 9.94. The first kappa shape index (κ1) is 26.2. The number of hydrogen-bond donors (Lipinski definition) is 0. The molecular weight excluding hydrogens is 543 g/mol. The lowest BCUT2D eigenvalue weighted by Gasteiger charge is -2.46. The van der Waals surface area contributed by atoms with Gasteiger partial charge in [-0.3, -0.25) is 24.1 Å². The lowest BCUT2D eigenvalue weighted by molar-refractivity contribution is -0.173. The van der Waals surface area contributed by atoms with E-state index < -0.39 is 53.7 Å². The summed E-state index contributed by atoms with van der Waals surface area (Å²) >= 11 is 7.82. The number of rotatable bonds is 3. The predicted octanol–water partition coefficient (Wildman–Crippen LogP) is 5.12. The summed E-state index contributed by atoms with van der Waals surface area (Å²) in [6.45, 7) is 1.47. The van der Waals surface area contributed by atoms with Crippen LogP contribution in [-0.4, -0.2) is 40.3 Å². The SMILES string of the molecule is CC(=O)Oc1c2n(ccc1=O)N([C@@H]1c3ccccc3CSc3cc(Cl)ccc31)CN([C@H](C)C(F)(F)F)C2=O. The van der Waals surface area contributed by atoms with Crippen molar-refractivity contribution in [3.8, 4) is 5.75 Å². The summed E-state index contributed by atoms with van der Waals surface area (Å²) < 4.78 is 48.2. The molecule has 0 spiro atoms. The third-order valence-corrected chi connectivity index (χ3v) is 7.92. The first-order valence-electron chi connectivity index (χ1n) is 11.6. The standard InChI is InChI=1S/C26H21ClF3N3O4S/c1-14(26(28,29)30)31-13-33(32-10-9-20(35)24(37-15(2)34)23(32)25(31)36)22-18-6-4-3-5-16(18)12-38-21-11-17(27)7-8-19(21)22/h3-11,14,22H,12-13H2,1-2H3/t14-,22-/m1/s1. The highest BCUT2D eigenvalue weighted by atomic mass is 35.5. The molecule has 0 unspecified atom stereocenters. The molecule has 2 atom stereocenters. The maximum atomic E-state index is 13.9. The van der Waals surface area contributed by atoms with Crippen molar-refractivity contribution in [3.63, 3.8) is 0 Å². The van der Waals surface area contributed by atoms with Crippen LogP contribution in [0, 0.1) is 0 Å². The fourth-order valence-corrected chi connectivity index (χ4v) is 6.07.